The van der Waals surface area contributed by atoms with E-state index in [2.05, 4.69) is 67.6 Å². The molecule has 0 radical (unpaired) electrons. The van der Waals surface area contributed by atoms with Gasteiger partial charge in [0.2, 0.25) is 0 Å². The Balaban J connectivity index is 1.37. The van der Waals surface area contributed by atoms with Gasteiger partial charge in [-0.05, 0) is 86.5 Å². The van der Waals surface area contributed by atoms with Gasteiger partial charge < -0.3 is 4.74 Å². The van der Waals surface area contributed by atoms with Crippen LogP contribution < -0.4 is 0 Å². The maximum atomic E-state index is 5.63. The largest absolute Gasteiger partial charge is 0.373 e. The summed E-state index contributed by atoms with van der Waals surface area (Å²) in [5.74, 6) is 1.83. The first-order valence-corrected chi connectivity index (χ1v) is 12.3. The molecule has 1 heteroatoms. The molecule has 0 spiro atoms. The van der Waals surface area contributed by atoms with Gasteiger partial charge >= 0.3 is 0 Å². The fourth-order valence-corrected chi connectivity index (χ4v) is 4.70. The lowest BCUT2D eigenvalue weighted by Gasteiger charge is -2.26. The molecule has 2 aromatic carbocycles. The van der Waals surface area contributed by atoms with Crippen molar-refractivity contribution in [1.82, 2.24) is 0 Å². The lowest BCUT2D eigenvalue weighted by Crippen LogP contribution is -2.13. The molecule has 1 aliphatic carbocycles. The second-order valence-electron chi connectivity index (χ2n) is 9.03. The monoisotopic (exact) mass is 416 g/mol. The van der Waals surface area contributed by atoms with Crippen LogP contribution in [0.15, 0.2) is 72.8 Å². The first-order chi connectivity index (χ1) is 15.3. The van der Waals surface area contributed by atoms with Crippen LogP contribution in [0, 0.1) is 11.8 Å². The first-order valence-electron chi connectivity index (χ1n) is 12.3. The van der Waals surface area contributed by atoms with Crippen LogP contribution >= 0.6 is 0 Å². The van der Waals surface area contributed by atoms with Crippen LogP contribution in [0.1, 0.15) is 69.9 Å². The van der Waals surface area contributed by atoms with E-state index >= 15 is 0 Å². The summed E-state index contributed by atoms with van der Waals surface area (Å²) in [5.41, 5.74) is 5.26. The van der Waals surface area contributed by atoms with Crippen LogP contribution in [0.2, 0.25) is 0 Å². The van der Waals surface area contributed by atoms with Crippen LogP contribution in [-0.4, -0.2) is 6.61 Å². The zero-order chi connectivity index (χ0) is 21.7. The lowest BCUT2D eigenvalue weighted by molar-refractivity contribution is 0.148. The van der Waals surface area contributed by atoms with Crippen LogP contribution in [0.3, 0.4) is 0 Å². The zero-order valence-corrected chi connectivity index (χ0v) is 19.6. The molecule has 1 aliphatic rings. The average Bonchev–Trinajstić information content (AvgIpc) is 2.82. The molecule has 0 bridgehead atoms. The molecule has 166 valence electrons. The Morgan fingerprint density at radius 2 is 1.42 bits per heavy atom. The van der Waals surface area contributed by atoms with E-state index in [0.717, 1.165) is 11.8 Å². The summed E-state index contributed by atoms with van der Waals surface area (Å²) in [6, 6.07) is 17.9. The minimum Gasteiger partial charge on any atom is -0.373 e. The van der Waals surface area contributed by atoms with Gasteiger partial charge in [-0.2, -0.15) is 0 Å². The van der Waals surface area contributed by atoms with Gasteiger partial charge in [-0.15, -0.1) is 0 Å². The average molecular weight is 417 g/mol. The summed E-state index contributed by atoms with van der Waals surface area (Å²) in [5, 5.41) is 0. The molecule has 0 unspecified atom stereocenters. The molecular weight excluding hydrogens is 376 g/mol. The van der Waals surface area contributed by atoms with E-state index in [1.54, 1.807) is 0 Å². The minimum atomic E-state index is 0.667. The molecule has 3 rings (SSSR count). The summed E-state index contributed by atoms with van der Waals surface area (Å²) in [6.45, 7) is 5.51. The molecule has 1 fully saturated rings. The Bertz CT molecular complexity index is 789. The highest BCUT2D eigenvalue weighted by Crippen LogP contribution is 2.32. The van der Waals surface area contributed by atoms with Gasteiger partial charge in [-0.25, -0.2) is 0 Å². The number of hydrogen-bond donors (Lipinski definition) is 0. The second kappa shape index (κ2) is 13.3. The van der Waals surface area contributed by atoms with Gasteiger partial charge in [-0.3, -0.25) is 0 Å². The van der Waals surface area contributed by atoms with Crippen LogP contribution in [0.5, 0.6) is 0 Å². The van der Waals surface area contributed by atoms with E-state index in [-0.39, 0.29) is 0 Å². The third-order valence-electron chi connectivity index (χ3n) is 6.64. The Morgan fingerprint density at radius 3 is 2.03 bits per heavy atom. The molecule has 0 saturated heterocycles. The number of ether oxygens (including phenoxy) is 1. The summed E-state index contributed by atoms with van der Waals surface area (Å²) >= 11 is 0. The van der Waals surface area contributed by atoms with Gasteiger partial charge in [0.05, 0.1) is 13.2 Å². The number of benzene rings is 2. The molecule has 0 aliphatic heterocycles. The van der Waals surface area contributed by atoms with E-state index in [1.807, 2.05) is 19.1 Å². The van der Waals surface area contributed by atoms with Crippen molar-refractivity contribution >= 4 is 0 Å². The van der Waals surface area contributed by atoms with Gasteiger partial charge in [0.1, 0.15) is 0 Å². The fraction of sp³-hybridized carbons (Fsp3) is 0.467. The quantitative estimate of drug-likeness (QED) is 0.263. The van der Waals surface area contributed by atoms with Crippen molar-refractivity contribution in [3.8, 4) is 11.1 Å². The molecule has 0 aromatic heterocycles. The number of rotatable bonds is 11. The Kier molecular flexibility index (Phi) is 10.1. The van der Waals surface area contributed by atoms with Crippen molar-refractivity contribution in [3.05, 3.63) is 84.0 Å². The maximum absolute atomic E-state index is 5.63. The van der Waals surface area contributed by atoms with E-state index in [1.165, 1.54) is 73.6 Å². The van der Waals surface area contributed by atoms with Crippen LogP contribution in [-0.2, 0) is 17.8 Å². The molecule has 0 amide bonds. The molecule has 0 atom stereocenters. The van der Waals surface area contributed by atoms with Crippen molar-refractivity contribution < 1.29 is 4.74 Å². The Labute approximate surface area is 190 Å². The first kappa shape index (κ1) is 23.5. The molecule has 1 saturated carbocycles. The predicted molar refractivity (Wildman–Crippen MR) is 134 cm³/mol. The zero-order valence-electron chi connectivity index (χ0n) is 19.6. The molecule has 0 heterocycles. The molecule has 0 N–H and O–H groups in total. The number of aryl methyl sites for hydroxylation is 1. The third kappa shape index (κ3) is 8.15. The van der Waals surface area contributed by atoms with Gasteiger partial charge in [0, 0.05) is 0 Å². The smallest absolute Gasteiger partial charge is 0.0721 e. The third-order valence-corrected chi connectivity index (χ3v) is 6.64. The van der Waals surface area contributed by atoms with Crippen LogP contribution in [0.25, 0.3) is 11.1 Å². The van der Waals surface area contributed by atoms with E-state index in [0.29, 0.717) is 13.2 Å². The SMILES string of the molecule is CC=CCOCc1ccc(-c2ccc(CCCCC3CCC(C=CC)CC3)cc2)cc1. The normalized spacial score (nSPS) is 19.4. The Morgan fingerprint density at radius 1 is 0.774 bits per heavy atom. The fourth-order valence-electron chi connectivity index (χ4n) is 4.70. The van der Waals surface area contributed by atoms with Crippen molar-refractivity contribution in [3.63, 3.8) is 0 Å². The standard InChI is InChI=1S/C30H40O/c1-3-5-23-31-24-28-17-21-30(22-18-28)29-19-15-27(16-20-29)10-7-6-9-26-13-11-25(8-4-2)12-14-26/h3-5,8,15-22,25-26H,6-7,9-14,23-24H2,1-2H3. The molecule has 2 aromatic rings. The maximum Gasteiger partial charge on any atom is 0.0721 e. The minimum absolute atomic E-state index is 0.667. The van der Waals surface area contributed by atoms with E-state index in [4.69, 9.17) is 4.74 Å². The summed E-state index contributed by atoms with van der Waals surface area (Å²) < 4.78 is 5.63. The van der Waals surface area contributed by atoms with Gasteiger partial charge in [0.15, 0.2) is 0 Å². The molecular formula is C30H40O. The highest BCUT2D eigenvalue weighted by atomic mass is 16.5. The van der Waals surface area contributed by atoms with E-state index < -0.39 is 0 Å². The van der Waals surface area contributed by atoms with Gasteiger partial charge in [0.25, 0.3) is 0 Å². The van der Waals surface area contributed by atoms with Crippen molar-refractivity contribution in [2.24, 2.45) is 11.8 Å². The predicted octanol–water partition coefficient (Wildman–Crippen LogP) is 8.54. The van der Waals surface area contributed by atoms with Gasteiger partial charge in [-0.1, -0.05) is 85.7 Å². The molecule has 1 nitrogen and oxygen atoms in total. The molecule has 31 heavy (non-hydrogen) atoms. The van der Waals surface area contributed by atoms with E-state index in [9.17, 15) is 0 Å². The van der Waals surface area contributed by atoms with Crippen molar-refractivity contribution in [2.75, 3.05) is 6.61 Å². The van der Waals surface area contributed by atoms with Crippen LogP contribution in [0.4, 0.5) is 0 Å². The van der Waals surface area contributed by atoms with Crippen molar-refractivity contribution in [2.45, 2.75) is 71.8 Å². The highest BCUT2D eigenvalue weighted by Gasteiger charge is 2.18. The second-order valence-corrected chi connectivity index (χ2v) is 9.03. The highest BCUT2D eigenvalue weighted by molar-refractivity contribution is 5.63. The van der Waals surface area contributed by atoms with Crippen molar-refractivity contribution in [1.29, 1.82) is 0 Å². The summed E-state index contributed by atoms with van der Waals surface area (Å²) in [4.78, 5) is 0. The summed E-state index contributed by atoms with van der Waals surface area (Å²) in [6.07, 6.45) is 19.7. The number of allylic oxidation sites excluding steroid dienone is 3. The lowest BCUT2D eigenvalue weighted by atomic mass is 9.79. The summed E-state index contributed by atoms with van der Waals surface area (Å²) in [7, 11) is 0. The topological polar surface area (TPSA) is 9.23 Å². The number of unbranched alkanes of at least 4 members (excludes halogenated alkanes) is 1. The number of hydrogen-bond acceptors (Lipinski definition) is 1. The Hall–Kier alpha value is -2.12.